The summed E-state index contributed by atoms with van der Waals surface area (Å²) in [7, 11) is 0. The molecule has 0 radical (unpaired) electrons. The summed E-state index contributed by atoms with van der Waals surface area (Å²) in [6, 6.07) is -0.0337. The lowest BCUT2D eigenvalue weighted by molar-refractivity contribution is -0.140. The van der Waals surface area contributed by atoms with E-state index in [4.69, 9.17) is 10.8 Å². The monoisotopic (exact) mass is 203 g/mol. The van der Waals surface area contributed by atoms with E-state index in [9.17, 15) is 4.79 Å². The van der Waals surface area contributed by atoms with Gasteiger partial charge in [-0.3, -0.25) is 4.79 Å². The Labute approximate surface area is 83.1 Å². The van der Waals surface area contributed by atoms with E-state index < -0.39 is 5.97 Å². The van der Waals surface area contributed by atoms with Crippen molar-refractivity contribution in [2.75, 3.05) is 11.5 Å². The summed E-state index contributed by atoms with van der Waals surface area (Å²) in [6.07, 6.45) is 0.207. The number of carboxylic acid groups (broad SMARTS) is 1. The van der Waals surface area contributed by atoms with Crippen LogP contribution in [0.5, 0.6) is 0 Å². The van der Waals surface area contributed by atoms with Crippen molar-refractivity contribution in [3.05, 3.63) is 0 Å². The van der Waals surface area contributed by atoms with Crippen LogP contribution in [-0.4, -0.2) is 28.6 Å². The molecule has 1 saturated heterocycles. The van der Waals surface area contributed by atoms with Crippen molar-refractivity contribution in [2.24, 2.45) is 17.1 Å². The predicted molar refractivity (Wildman–Crippen MR) is 54.8 cm³/mol. The zero-order valence-electron chi connectivity index (χ0n) is 8.12. The molecule has 1 aliphatic rings. The molecule has 0 saturated carbocycles. The van der Waals surface area contributed by atoms with Crippen LogP contribution >= 0.6 is 11.8 Å². The predicted octanol–water partition coefficient (Wildman–Crippen LogP) is 1.18. The molecule has 1 fully saturated rings. The van der Waals surface area contributed by atoms with Crippen LogP contribution in [0.25, 0.3) is 0 Å². The van der Waals surface area contributed by atoms with Crippen LogP contribution in [0.3, 0.4) is 0 Å². The average Bonchev–Trinajstić information content (AvgIpc) is 2.32. The minimum Gasteiger partial charge on any atom is -0.481 e. The molecule has 0 aromatic heterocycles. The van der Waals surface area contributed by atoms with Gasteiger partial charge >= 0.3 is 5.97 Å². The molecule has 0 bridgehead atoms. The van der Waals surface area contributed by atoms with Gasteiger partial charge < -0.3 is 10.8 Å². The molecule has 3 nitrogen and oxygen atoms in total. The maximum atomic E-state index is 10.7. The molecule has 76 valence electrons. The van der Waals surface area contributed by atoms with Crippen molar-refractivity contribution in [1.82, 2.24) is 0 Å². The minimum atomic E-state index is -0.730. The lowest BCUT2D eigenvalue weighted by Crippen LogP contribution is -2.45. The highest BCUT2D eigenvalue weighted by atomic mass is 32.2. The van der Waals surface area contributed by atoms with E-state index in [2.05, 4.69) is 6.92 Å². The van der Waals surface area contributed by atoms with E-state index in [0.29, 0.717) is 5.92 Å². The molecule has 0 aromatic rings. The smallest absolute Gasteiger partial charge is 0.304 e. The van der Waals surface area contributed by atoms with Crippen molar-refractivity contribution < 1.29 is 9.90 Å². The molecule has 0 aromatic carbocycles. The second-order valence-corrected chi connectivity index (χ2v) is 5.04. The summed E-state index contributed by atoms with van der Waals surface area (Å²) in [6.45, 7) is 4.03. The Hall–Kier alpha value is -0.220. The van der Waals surface area contributed by atoms with E-state index >= 15 is 0 Å². The van der Waals surface area contributed by atoms with Crippen LogP contribution < -0.4 is 5.73 Å². The standard InChI is InChI=1S/C9H17NO2S/c1-6-4-13-5-9(6,7(2)10)3-8(11)12/h6-7H,3-5,10H2,1-2H3,(H,11,12). The highest BCUT2D eigenvalue weighted by molar-refractivity contribution is 7.99. The van der Waals surface area contributed by atoms with E-state index in [1.54, 1.807) is 0 Å². The minimum absolute atomic E-state index is 0.0337. The maximum absolute atomic E-state index is 10.7. The van der Waals surface area contributed by atoms with Crippen molar-refractivity contribution in [3.63, 3.8) is 0 Å². The van der Waals surface area contributed by atoms with Crippen LogP contribution in [0.1, 0.15) is 20.3 Å². The number of hydrogen-bond donors (Lipinski definition) is 2. The lowest BCUT2D eigenvalue weighted by Gasteiger charge is -2.35. The molecule has 13 heavy (non-hydrogen) atoms. The SMILES string of the molecule is CC(N)C1(CC(=O)O)CSCC1C. The summed E-state index contributed by atoms with van der Waals surface area (Å²) in [5.74, 6) is 1.60. The maximum Gasteiger partial charge on any atom is 0.304 e. The number of thioether (sulfide) groups is 1. The molecular weight excluding hydrogens is 186 g/mol. The summed E-state index contributed by atoms with van der Waals surface area (Å²) in [5, 5.41) is 8.84. The zero-order chi connectivity index (χ0) is 10.1. The third-order valence-corrected chi connectivity index (χ3v) is 4.58. The summed E-state index contributed by atoms with van der Waals surface area (Å²) < 4.78 is 0. The van der Waals surface area contributed by atoms with Crippen molar-refractivity contribution in [2.45, 2.75) is 26.3 Å². The highest BCUT2D eigenvalue weighted by Gasteiger charge is 2.45. The number of hydrogen-bond acceptors (Lipinski definition) is 3. The largest absolute Gasteiger partial charge is 0.481 e. The van der Waals surface area contributed by atoms with E-state index in [1.165, 1.54) is 0 Å². The second-order valence-electron chi connectivity index (χ2n) is 4.01. The summed E-state index contributed by atoms with van der Waals surface area (Å²) >= 11 is 1.82. The summed E-state index contributed by atoms with van der Waals surface area (Å²) in [5.41, 5.74) is 5.71. The van der Waals surface area contributed by atoms with Gasteiger partial charge in [-0.05, 0) is 18.6 Å². The van der Waals surface area contributed by atoms with Gasteiger partial charge in [0, 0.05) is 17.2 Å². The Balaban J connectivity index is 2.80. The first kappa shape index (κ1) is 10.9. The molecule has 0 spiro atoms. The van der Waals surface area contributed by atoms with Gasteiger partial charge in [0.05, 0.1) is 6.42 Å². The average molecular weight is 203 g/mol. The molecule has 0 amide bonds. The number of rotatable bonds is 3. The lowest BCUT2D eigenvalue weighted by atomic mass is 9.71. The quantitative estimate of drug-likeness (QED) is 0.723. The number of carboxylic acids is 1. The molecule has 3 unspecified atom stereocenters. The fourth-order valence-corrected chi connectivity index (χ4v) is 3.81. The van der Waals surface area contributed by atoms with Crippen LogP contribution in [0.4, 0.5) is 0 Å². The molecular formula is C9H17NO2S. The highest BCUT2D eigenvalue weighted by Crippen LogP contribution is 2.45. The molecule has 1 rings (SSSR count). The Bertz CT molecular complexity index is 208. The fourth-order valence-electron chi connectivity index (χ4n) is 1.98. The van der Waals surface area contributed by atoms with Gasteiger partial charge in [0.1, 0.15) is 0 Å². The van der Waals surface area contributed by atoms with Gasteiger partial charge in [0.2, 0.25) is 0 Å². The zero-order valence-corrected chi connectivity index (χ0v) is 8.93. The molecule has 1 heterocycles. The van der Waals surface area contributed by atoms with Crippen molar-refractivity contribution >= 4 is 17.7 Å². The third kappa shape index (κ3) is 1.99. The third-order valence-electron chi connectivity index (χ3n) is 3.11. The van der Waals surface area contributed by atoms with Crippen LogP contribution in [0.2, 0.25) is 0 Å². The van der Waals surface area contributed by atoms with Gasteiger partial charge in [-0.15, -0.1) is 0 Å². The van der Waals surface area contributed by atoms with Gasteiger partial charge in [-0.1, -0.05) is 6.92 Å². The van der Waals surface area contributed by atoms with Gasteiger partial charge in [0.15, 0.2) is 0 Å². The van der Waals surface area contributed by atoms with Crippen molar-refractivity contribution in [1.29, 1.82) is 0 Å². The fraction of sp³-hybridized carbons (Fsp3) is 0.889. The topological polar surface area (TPSA) is 63.3 Å². The molecule has 3 N–H and O–H groups in total. The first-order valence-corrected chi connectivity index (χ1v) is 5.69. The van der Waals surface area contributed by atoms with E-state index in [-0.39, 0.29) is 17.9 Å². The molecule has 3 atom stereocenters. The summed E-state index contributed by atoms with van der Waals surface area (Å²) in [4.78, 5) is 10.7. The number of nitrogens with two attached hydrogens (primary N) is 1. The van der Waals surface area contributed by atoms with E-state index in [0.717, 1.165) is 11.5 Å². The molecule has 0 aliphatic carbocycles. The Morgan fingerprint density at radius 1 is 1.85 bits per heavy atom. The Morgan fingerprint density at radius 2 is 2.46 bits per heavy atom. The van der Waals surface area contributed by atoms with Gasteiger partial charge in [0.25, 0.3) is 0 Å². The van der Waals surface area contributed by atoms with Crippen LogP contribution in [0, 0.1) is 11.3 Å². The number of carbonyl (C=O) groups is 1. The van der Waals surface area contributed by atoms with Gasteiger partial charge in [-0.25, -0.2) is 0 Å². The van der Waals surface area contributed by atoms with E-state index in [1.807, 2.05) is 18.7 Å². The van der Waals surface area contributed by atoms with Gasteiger partial charge in [-0.2, -0.15) is 11.8 Å². The normalized spacial score (nSPS) is 36.1. The Kier molecular flexibility index (Phi) is 3.24. The number of aliphatic carboxylic acids is 1. The molecule has 1 aliphatic heterocycles. The van der Waals surface area contributed by atoms with Crippen molar-refractivity contribution in [3.8, 4) is 0 Å². The van der Waals surface area contributed by atoms with Crippen LogP contribution in [-0.2, 0) is 4.79 Å². The first-order valence-electron chi connectivity index (χ1n) is 4.54. The second kappa shape index (κ2) is 3.88. The molecule has 4 heteroatoms. The Morgan fingerprint density at radius 3 is 2.77 bits per heavy atom. The van der Waals surface area contributed by atoms with Crippen LogP contribution in [0.15, 0.2) is 0 Å². The first-order chi connectivity index (χ1) is 5.99.